The zero-order valence-corrected chi connectivity index (χ0v) is 17.5. The van der Waals surface area contributed by atoms with Crippen LogP contribution in [0.15, 0.2) is 42.5 Å². The minimum absolute atomic E-state index is 0.0221. The Kier molecular flexibility index (Phi) is 6.91. The number of amides is 2. The first-order valence-corrected chi connectivity index (χ1v) is 10.4. The van der Waals surface area contributed by atoms with Crippen molar-refractivity contribution in [3.05, 3.63) is 59.2 Å². The number of benzene rings is 2. The third-order valence-electron chi connectivity index (χ3n) is 5.38. The number of rotatable bonds is 5. The van der Waals surface area contributed by atoms with Gasteiger partial charge >= 0.3 is 0 Å². The van der Waals surface area contributed by atoms with Gasteiger partial charge in [-0.1, -0.05) is 43.2 Å². The van der Waals surface area contributed by atoms with Crippen molar-refractivity contribution < 1.29 is 14.3 Å². The fourth-order valence-corrected chi connectivity index (χ4v) is 3.67. The zero-order valence-electron chi connectivity index (χ0n) is 17.5. The van der Waals surface area contributed by atoms with Crippen LogP contribution in [0.25, 0.3) is 0 Å². The van der Waals surface area contributed by atoms with Gasteiger partial charge in [0.2, 0.25) is 0 Å². The van der Waals surface area contributed by atoms with E-state index in [2.05, 4.69) is 5.32 Å². The molecule has 0 radical (unpaired) electrons. The fraction of sp³-hybridized carbons (Fsp3) is 0.417. The molecule has 0 saturated carbocycles. The highest BCUT2D eigenvalue weighted by Crippen LogP contribution is 2.25. The number of carbonyl (C=O) groups is 2. The number of nitrogens with one attached hydrogen (secondary N) is 1. The largest absolute Gasteiger partial charge is 0.480 e. The molecule has 154 valence electrons. The van der Waals surface area contributed by atoms with Crippen LogP contribution in [0, 0.1) is 13.8 Å². The molecule has 2 aromatic carbocycles. The van der Waals surface area contributed by atoms with Gasteiger partial charge in [0.25, 0.3) is 11.8 Å². The normalized spacial score (nSPS) is 15.3. The van der Waals surface area contributed by atoms with Gasteiger partial charge < -0.3 is 15.0 Å². The number of hydrogen-bond acceptors (Lipinski definition) is 3. The molecule has 1 fully saturated rings. The summed E-state index contributed by atoms with van der Waals surface area (Å²) >= 11 is 0. The molecule has 2 aromatic rings. The molecule has 1 aliphatic heterocycles. The molecule has 1 saturated heterocycles. The van der Waals surface area contributed by atoms with Gasteiger partial charge in [-0.3, -0.25) is 9.59 Å². The average Bonchev–Trinajstić information content (AvgIpc) is 3.00. The van der Waals surface area contributed by atoms with E-state index in [1.54, 1.807) is 19.1 Å². The van der Waals surface area contributed by atoms with E-state index in [-0.39, 0.29) is 11.8 Å². The molecule has 0 unspecified atom stereocenters. The molecular formula is C24H30N2O3. The first-order valence-electron chi connectivity index (χ1n) is 10.4. The lowest BCUT2D eigenvalue weighted by Crippen LogP contribution is -2.34. The van der Waals surface area contributed by atoms with E-state index in [1.807, 2.05) is 49.1 Å². The molecule has 3 rings (SSSR count). The standard InChI is InChI=1S/C24H30N2O3/c1-17-11-10-12-18(2)22(17)29-19(3)23(27)25-21-14-7-6-13-20(21)24(28)26-15-8-4-5-9-16-26/h6-7,10-14,19H,4-5,8-9,15-16H2,1-3H3,(H,25,27)/t19-/m1/s1. The van der Waals surface area contributed by atoms with Gasteiger partial charge in [-0.05, 0) is 56.9 Å². The van der Waals surface area contributed by atoms with Gasteiger partial charge in [-0.25, -0.2) is 0 Å². The predicted octanol–water partition coefficient (Wildman–Crippen LogP) is 4.73. The third-order valence-corrected chi connectivity index (χ3v) is 5.38. The molecule has 1 aliphatic rings. The van der Waals surface area contributed by atoms with Crippen molar-refractivity contribution in [3.63, 3.8) is 0 Å². The number of nitrogens with zero attached hydrogens (tertiary/aromatic N) is 1. The molecule has 1 heterocycles. The molecule has 2 amide bonds. The minimum Gasteiger partial charge on any atom is -0.480 e. The van der Waals surface area contributed by atoms with Crippen molar-refractivity contribution in [2.75, 3.05) is 18.4 Å². The van der Waals surface area contributed by atoms with Crippen molar-refractivity contribution in [2.24, 2.45) is 0 Å². The topological polar surface area (TPSA) is 58.6 Å². The molecule has 0 aromatic heterocycles. The van der Waals surface area contributed by atoms with Crippen molar-refractivity contribution in [1.82, 2.24) is 4.90 Å². The van der Waals surface area contributed by atoms with E-state index in [0.29, 0.717) is 11.3 Å². The van der Waals surface area contributed by atoms with Crippen molar-refractivity contribution in [1.29, 1.82) is 0 Å². The van der Waals surface area contributed by atoms with Gasteiger partial charge in [0, 0.05) is 13.1 Å². The van der Waals surface area contributed by atoms with Gasteiger partial charge in [0.05, 0.1) is 11.3 Å². The molecule has 29 heavy (non-hydrogen) atoms. The summed E-state index contributed by atoms with van der Waals surface area (Å²) < 4.78 is 5.94. The molecule has 5 heteroatoms. The maximum absolute atomic E-state index is 13.0. The van der Waals surface area contributed by atoms with E-state index in [1.165, 1.54) is 0 Å². The molecule has 0 spiro atoms. The van der Waals surface area contributed by atoms with Gasteiger partial charge in [0.1, 0.15) is 5.75 Å². The third kappa shape index (κ3) is 5.17. The summed E-state index contributed by atoms with van der Waals surface area (Å²) in [5.41, 5.74) is 3.04. The van der Waals surface area contributed by atoms with E-state index in [0.717, 1.165) is 55.6 Å². The van der Waals surface area contributed by atoms with Crippen LogP contribution in [0.3, 0.4) is 0 Å². The highest BCUT2D eigenvalue weighted by atomic mass is 16.5. The summed E-state index contributed by atoms with van der Waals surface area (Å²) in [6.07, 6.45) is 3.70. The summed E-state index contributed by atoms with van der Waals surface area (Å²) in [4.78, 5) is 27.7. The smallest absolute Gasteiger partial charge is 0.265 e. The zero-order chi connectivity index (χ0) is 20.8. The van der Waals surface area contributed by atoms with Gasteiger partial charge in [-0.15, -0.1) is 0 Å². The van der Waals surface area contributed by atoms with Gasteiger partial charge in [-0.2, -0.15) is 0 Å². The summed E-state index contributed by atoms with van der Waals surface area (Å²) in [6, 6.07) is 13.1. The average molecular weight is 395 g/mol. The first-order chi connectivity index (χ1) is 14.0. The molecular weight excluding hydrogens is 364 g/mol. The van der Waals surface area contributed by atoms with E-state index < -0.39 is 6.10 Å². The maximum atomic E-state index is 13.0. The van der Waals surface area contributed by atoms with Crippen molar-refractivity contribution in [2.45, 2.75) is 52.6 Å². The van der Waals surface area contributed by atoms with Crippen molar-refractivity contribution >= 4 is 17.5 Å². The van der Waals surface area contributed by atoms with E-state index >= 15 is 0 Å². The minimum atomic E-state index is -0.684. The Labute approximate surface area is 173 Å². The Morgan fingerprint density at radius 3 is 2.21 bits per heavy atom. The SMILES string of the molecule is Cc1cccc(C)c1O[C@H](C)C(=O)Nc1ccccc1C(=O)N1CCCCCC1. The Bertz CT molecular complexity index is 850. The number of para-hydroxylation sites is 2. The van der Waals surface area contributed by atoms with Gasteiger partial charge in [0.15, 0.2) is 6.10 Å². The molecule has 1 atom stereocenters. The van der Waals surface area contributed by atoms with Crippen LogP contribution in [0.4, 0.5) is 5.69 Å². The summed E-state index contributed by atoms with van der Waals surface area (Å²) in [6.45, 7) is 7.19. The molecule has 5 nitrogen and oxygen atoms in total. The first kappa shape index (κ1) is 20.9. The number of likely N-dealkylation sites (tertiary alicyclic amines) is 1. The van der Waals surface area contributed by atoms with Crippen LogP contribution < -0.4 is 10.1 Å². The highest BCUT2D eigenvalue weighted by Gasteiger charge is 2.23. The Morgan fingerprint density at radius 1 is 0.931 bits per heavy atom. The van der Waals surface area contributed by atoms with Crippen LogP contribution in [0.1, 0.15) is 54.1 Å². The second kappa shape index (κ2) is 9.59. The second-order valence-corrected chi connectivity index (χ2v) is 7.72. The Balaban J connectivity index is 1.72. The monoisotopic (exact) mass is 394 g/mol. The van der Waals surface area contributed by atoms with Crippen LogP contribution in [0.2, 0.25) is 0 Å². The summed E-state index contributed by atoms with van der Waals surface area (Å²) in [5, 5.41) is 2.89. The van der Waals surface area contributed by atoms with Crippen LogP contribution >= 0.6 is 0 Å². The van der Waals surface area contributed by atoms with Crippen molar-refractivity contribution in [3.8, 4) is 5.75 Å². The number of ether oxygens (including phenoxy) is 1. The number of hydrogen-bond donors (Lipinski definition) is 1. The second-order valence-electron chi connectivity index (χ2n) is 7.72. The maximum Gasteiger partial charge on any atom is 0.265 e. The van der Waals surface area contributed by atoms with E-state index in [4.69, 9.17) is 4.74 Å². The predicted molar refractivity (Wildman–Crippen MR) is 115 cm³/mol. The Morgan fingerprint density at radius 2 is 1.55 bits per heavy atom. The number of aryl methyl sites for hydroxylation is 2. The van der Waals surface area contributed by atoms with E-state index in [9.17, 15) is 9.59 Å². The summed E-state index contributed by atoms with van der Waals surface area (Å²) in [7, 11) is 0. The van der Waals surface area contributed by atoms with Crippen LogP contribution in [-0.2, 0) is 4.79 Å². The number of carbonyl (C=O) groups excluding carboxylic acids is 2. The lowest BCUT2D eigenvalue weighted by atomic mass is 10.1. The van der Waals surface area contributed by atoms with Crippen LogP contribution in [-0.4, -0.2) is 35.9 Å². The summed E-state index contributed by atoms with van der Waals surface area (Å²) in [5.74, 6) is 0.430. The lowest BCUT2D eigenvalue weighted by molar-refractivity contribution is -0.122. The molecule has 0 aliphatic carbocycles. The highest BCUT2D eigenvalue weighted by molar-refractivity contribution is 6.04. The number of anilines is 1. The quantitative estimate of drug-likeness (QED) is 0.798. The fourth-order valence-electron chi connectivity index (χ4n) is 3.67. The van der Waals surface area contributed by atoms with Crippen LogP contribution in [0.5, 0.6) is 5.75 Å². The Hall–Kier alpha value is -2.82. The molecule has 0 bridgehead atoms. The molecule has 1 N–H and O–H groups in total. The lowest BCUT2D eigenvalue weighted by Gasteiger charge is -2.23.